The maximum Gasteiger partial charge on any atom is 0.418 e. The second-order valence-electron chi connectivity index (χ2n) is 5.21. The first-order valence-electron chi connectivity index (χ1n) is 7.59. The Morgan fingerprint density at radius 2 is 1.67 bits per heavy atom. The van der Waals surface area contributed by atoms with Crippen LogP contribution in [0.15, 0.2) is 60.7 Å². The van der Waals surface area contributed by atoms with Gasteiger partial charge in [0.15, 0.2) is 0 Å². The molecule has 0 aliphatic rings. The van der Waals surface area contributed by atoms with Gasteiger partial charge in [-0.2, -0.15) is 5.21 Å². The summed E-state index contributed by atoms with van der Waals surface area (Å²) in [5, 5.41) is 12.9. The molecule has 0 fully saturated rings. The van der Waals surface area contributed by atoms with Crippen molar-refractivity contribution in [1.29, 1.82) is 0 Å². The molecule has 7 nitrogen and oxygen atoms in total. The molecular formula is C17H17N5O2. The molecule has 1 N–H and O–H groups in total. The number of benzene rings is 2. The van der Waals surface area contributed by atoms with E-state index in [0.717, 1.165) is 17.5 Å². The van der Waals surface area contributed by atoms with Gasteiger partial charge in [-0.1, -0.05) is 70.9 Å². The molecule has 0 bridgehead atoms. The van der Waals surface area contributed by atoms with Crippen LogP contribution in [0.5, 0.6) is 6.01 Å². The molecule has 3 rings (SSSR count). The zero-order valence-corrected chi connectivity index (χ0v) is 13.0. The number of hydrogen-bond donors (Lipinski definition) is 1. The molecule has 3 aromatic rings. The van der Waals surface area contributed by atoms with Gasteiger partial charge in [0.2, 0.25) is 0 Å². The van der Waals surface area contributed by atoms with Crippen LogP contribution in [0, 0.1) is 0 Å². The molecule has 0 unspecified atom stereocenters. The minimum atomic E-state index is -0.504. The average molecular weight is 323 g/mol. The van der Waals surface area contributed by atoms with Gasteiger partial charge in [0.25, 0.3) is 0 Å². The zero-order valence-electron chi connectivity index (χ0n) is 13.0. The molecule has 0 saturated heterocycles. The normalized spacial score (nSPS) is 10.3. The molecule has 0 aliphatic heterocycles. The molecule has 1 aromatic heterocycles. The van der Waals surface area contributed by atoms with Gasteiger partial charge in [-0.25, -0.2) is 4.79 Å². The van der Waals surface area contributed by atoms with E-state index >= 15 is 0 Å². The van der Waals surface area contributed by atoms with E-state index in [2.05, 4.69) is 20.6 Å². The third kappa shape index (κ3) is 4.39. The summed E-state index contributed by atoms with van der Waals surface area (Å²) < 4.78 is 5.15. The molecular weight excluding hydrogens is 306 g/mol. The first-order chi connectivity index (χ1) is 11.8. The molecule has 0 aliphatic carbocycles. The standard InChI is InChI=1S/C17H17N5O2/c23-17(24-16-18-20-21-19-16)22(13-15-9-5-2-6-10-15)12-11-14-7-3-1-4-8-14/h1-10H,11-13H2,(H,18,19,20,21). The number of nitrogens with one attached hydrogen (secondary N) is 1. The van der Waals surface area contributed by atoms with Crippen molar-refractivity contribution in [2.24, 2.45) is 0 Å². The molecule has 0 radical (unpaired) electrons. The van der Waals surface area contributed by atoms with Gasteiger partial charge in [0, 0.05) is 13.1 Å². The second kappa shape index (κ2) is 7.87. The first-order valence-corrected chi connectivity index (χ1v) is 7.59. The smallest absolute Gasteiger partial charge is 0.372 e. The zero-order chi connectivity index (χ0) is 16.6. The Bertz CT molecular complexity index is 747. The third-order valence-electron chi connectivity index (χ3n) is 3.49. The second-order valence-corrected chi connectivity index (χ2v) is 5.21. The van der Waals surface area contributed by atoms with Crippen LogP contribution in [0.3, 0.4) is 0 Å². The summed E-state index contributed by atoms with van der Waals surface area (Å²) in [5.74, 6) is 0. The number of aromatic nitrogens is 4. The Hall–Kier alpha value is -3.22. The largest absolute Gasteiger partial charge is 0.418 e. The summed E-state index contributed by atoms with van der Waals surface area (Å²) in [5.41, 5.74) is 2.18. The van der Waals surface area contributed by atoms with Crippen molar-refractivity contribution in [1.82, 2.24) is 25.5 Å². The van der Waals surface area contributed by atoms with Gasteiger partial charge >= 0.3 is 12.1 Å². The number of hydrogen-bond acceptors (Lipinski definition) is 5. The molecule has 0 saturated carbocycles. The van der Waals surface area contributed by atoms with E-state index in [1.54, 1.807) is 4.90 Å². The SMILES string of the molecule is O=C(Oc1nn[nH]n1)N(CCc1ccccc1)Cc1ccccc1. The van der Waals surface area contributed by atoms with Crippen molar-refractivity contribution < 1.29 is 9.53 Å². The Morgan fingerprint density at radius 1 is 1.00 bits per heavy atom. The Morgan fingerprint density at radius 3 is 2.29 bits per heavy atom. The van der Waals surface area contributed by atoms with Crippen molar-refractivity contribution in [3.05, 3.63) is 71.8 Å². The van der Waals surface area contributed by atoms with Crippen LogP contribution in [-0.4, -0.2) is 38.2 Å². The van der Waals surface area contributed by atoms with E-state index < -0.39 is 6.09 Å². The molecule has 1 heterocycles. The molecule has 0 spiro atoms. The van der Waals surface area contributed by atoms with Crippen LogP contribution < -0.4 is 4.74 Å². The topological polar surface area (TPSA) is 84.0 Å². The summed E-state index contributed by atoms with van der Waals surface area (Å²) in [6, 6.07) is 19.7. The van der Waals surface area contributed by atoms with Crippen LogP contribution in [0.4, 0.5) is 4.79 Å². The number of ether oxygens (including phenoxy) is 1. The predicted octanol–water partition coefficient (Wildman–Crippen LogP) is 2.44. The lowest BCUT2D eigenvalue weighted by Crippen LogP contribution is -2.35. The van der Waals surface area contributed by atoms with Crippen LogP contribution in [0.25, 0.3) is 0 Å². The summed E-state index contributed by atoms with van der Waals surface area (Å²) in [7, 11) is 0. The molecule has 24 heavy (non-hydrogen) atoms. The monoisotopic (exact) mass is 323 g/mol. The van der Waals surface area contributed by atoms with E-state index in [4.69, 9.17) is 4.74 Å². The van der Waals surface area contributed by atoms with E-state index in [1.807, 2.05) is 60.7 Å². The van der Waals surface area contributed by atoms with Crippen LogP contribution in [0.2, 0.25) is 0 Å². The van der Waals surface area contributed by atoms with Crippen LogP contribution >= 0.6 is 0 Å². The van der Waals surface area contributed by atoms with Gasteiger partial charge in [0.1, 0.15) is 0 Å². The number of tetrazole rings is 1. The summed E-state index contributed by atoms with van der Waals surface area (Å²) >= 11 is 0. The number of carbonyl (C=O) groups excluding carboxylic acids is 1. The maximum absolute atomic E-state index is 12.4. The fraction of sp³-hybridized carbons (Fsp3) is 0.176. The van der Waals surface area contributed by atoms with E-state index in [0.29, 0.717) is 13.1 Å². The average Bonchev–Trinajstić information content (AvgIpc) is 3.13. The first kappa shape index (κ1) is 15.7. The molecule has 0 atom stereocenters. The Balaban J connectivity index is 1.68. The summed E-state index contributed by atoms with van der Waals surface area (Å²) in [6.45, 7) is 0.972. The Labute approximate surface area is 139 Å². The van der Waals surface area contributed by atoms with E-state index in [9.17, 15) is 4.79 Å². The quantitative estimate of drug-likeness (QED) is 0.753. The van der Waals surface area contributed by atoms with Crippen molar-refractivity contribution >= 4 is 6.09 Å². The van der Waals surface area contributed by atoms with Gasteiger partial charge in [-0.05, 0) is 22.8 Å². The van der Waals surface area contributed by atoms with Crippen molar-refractivity contribution in [3.63, 3.8) is 0 Å². The highest BCUT2D eigenvalue weighted by Crippen LogP contribution is 2.10. The van der Waals surface area contributed by atoms with E-state index in [-0.39, 0.29) is 6.01 Å². The molecule has 2 aromatic carbocycles. The third-order valence-corrected chi connectivity index (χ3v) is 3.49. The molecule has 122 valence electrons. The lowest BCUT2D eigenvalue weighted by molar-refractivity contribution is 0.146. The van der Waals surface area contributed by atoms with Crippen molar-refractivity contribution in [2.45, 2.75) is 13.0 Å². The predicted molar refractivity (Wildman–Crippen MR) is 87.2 cm³/mol. The van der Waals surface area contributed by atoms with Gasteiger partial charge < -0.3 is 9.64 Å². The molecule has 1 amide bonds. The maximum atomic E-state index is 12.4. The van der Waals surface area contributed by atoms with Crippen LogP contribution in [-0.2, 0) is 13.0 Å². The number of amides is 1. The van der Waals surface area contributed by atoms with Gasteiger partial charge in [0.05, 0.1) is 0 Å². The number of aromatic amines is 1. The van der Waals surface area contributed by atoms with Crippen molar-refractivity contribution in [3.8, 4) is 6.01 Å². The summed E-state index contributed by atoms with van der Waals surface area (Å²) in [6.07, 6.45) is 0.228. The number of nitrogens with zero attached hydrogens (tertiary/aromatic N) is 4. The highest BCUT2D eigenvalue weighted by atomic mass is 16.6. The van der Waals surface area contributed by atoms with Gasteiger partial charge in [-0.3, -0.25) is 0 Å². The fourth-order valence-electron chi connectivity index (χ4n) is 2.29. The van der Waals surface area contributed by atoms with E-state index in [1.165, 1.54) is 0 Å². The minimum absolute atomic E-state index is 0.0854. The minimum Gasteiger partial charge on any atom is -0.372 e. The highest BCUT2D eigenvalue weighted by molar-refractivity contribution is 5.69. The van der Waals surface area contributed by atoms with Crippen molar-refractivity contribution in [2.75, 3.05) is 6.54 Å². The number of carbonyl (C=O) groups is 1. The lowest BCUT2D eigenvalue weighted by Gasteiger charge is -2.21. The van der Waals surface area contributed by atoms with Crippen LogP contribution in [0.1, 0.15) is 11.1 Å². The number of H-pyrrole nitrogens is 1. The van der Waals surface area contributed by atoms with Gasteiger partial charge in [-0.15, -0.1) is 0 Å². The number of rotatable bonds is 6. The Kier molecular flexibility index (Phi) is 5.14. The summed E-state index contributed by atoms with van der Waals surface area (Å²) in [4.78, 5) is 14.0. The highest BCUT2D eigenvalue weighted by Gasteiger charge is 2.18. The molecule has 7 heteroatoms. The fourth-order valence-corrected chi connectivity index (χ4v) is 2.29. The lowest BCUT2D eigenvalue weighted by atomic mass is 10.1.